The first-order valence-corrected chi connectivity index (χ1v) is 10.6. The van der Waals surface area contributed by atoms with Gasteiger partial charge in [0.05, 0.1) is 12.6 Å². The number of aliphatic imine (C=N–C) groups is 1. The van der Waals surface area contributed by atoms with Gasteiger partial charge in [0.15, 0.2) is 5.96 Å². The number of guanidine groups is 1. The molecule has 0 radical (unpaired) electrons. The number of halogens is 2. The van der Waals surface area contributed by atoms with Gasteiger partial charge in [0.25, 0.3) is 0 Å². The van der Waals surface area contributed by atoms with Crippen LogP contribution in [0.1, 0.15) is 19.3 Å². The van der Waals surface area contributed by atoms with Crippen LogP contribution >= 0.6 is 35.6 Å². The highest BCUT2D eigenvalue weighted by molar-refractivity contribution is 14.0. The van der Waals surface area contributed by atoms with Gasteiger partial charge in [0.1, 0.15) is 12.4 Å². The molecule has 30 heavy (non-hydrogen) atoms. The van der Waals surface area contributed by atoms with E-state index in [2.05, 4.69) is 15.2 Å². The normalized spacial score (nSPS) is 16.7. The summed E-state index contributed by atoms with van der Waals surface area (Å²) in [5, 5.41) is 4.10. The number of rotatable bonds is 9. The lowest BCUT2D eigenvalue weighted by Gasteiger charge is -2.26. The summed E-state index contributed by atoms with van der Waals surface area (Å²) in [5.41, 5.74) is 0. The summed E-state index contributed by atoms with van der Waals surface area (Å²) >= 11 is 5.89. The van der Waals surface area contributed by atoms with Crippen LogP contribution in [0.25, 0.3) is 0 Å². The highest BCUT2D eigenvalue weighted by Crippen LogP contribution is 2.18. The first-order valence-electron chi connectivity index (χ1n) is 10.2. The standard InChI is InChI=1S/C21H34ClN5O2.HI/c1-23-21(26(4)15-16-29-18-10-8-17(22)9-11-18)24-12-6-14-27-13-5-7-19(27)20(28)25(2)3;/h8-11,19H,5-7,12-16H2,1-4H3,(H,23,24);1H. The van der Waals surface area contributed by atoms with Crippen LogP contribution in [0, 0.1) is 0 Å². The van der Waals surface area contributed by atoms with Gasteiger partial charge in [0, 0.05) is 46.3 Å². The molecule has 7 nitrogen and oxygen atoms in total. The maximum atomic E-state index is 12.3. The van der Waals surface area contributed by atoms with Gasteiger partial charge < -0.3 is 19.9 Å². The van der Waals surface area contributed by atoms with Crippen LogP contribution in [0.4, 0.5) is 0 Å². The number of likely N-dealkylation sites (tertiary alicyclic amines) is 1. The first-order chi connectivity index (χ1) is 13.9. The van der Waals surface area contributed by atoms with E-state index in [0.29, 0.717) is 18.2 Å². The molecule has 0 aromatic heterocycles. The van der Waals surface area contributed by atoms with Crippen LogP contribution in [-0.2, 0) is 4.79 Å². The van der Waals surface area contributed by atoms with Crippen LogP contribution in [0.2, 0.25) is 5.02 Å². The van der Waals surface area contributed by atoms with E-state index in [9.17, 15) is 4.79 Å². The molecule has 0 bridgehead atoms. The van der Waals surface area contributed by atoms with E-state index in [1.807, 2.05) is 50.3 Å². The van der Waals surface area contributed by atoms with E-state index in [-0.39, 0.29) is 35.9 Å². The number of carbonyl (C=O) groups excluding carboxylic acids is 1. The fourth-order valence-corrected chi connectivity index (χ4v) is 3.60. The number of ether oxygens (including phenoxy) is 1. The Labute approximate surface area is 202 Å². The number of nitrogens with zero attached hydrogens (tertiary/aromatic N) is 4. The minimum atomic E-state index is 0. The Morgan fingerprint density at radius 2 is 2.00 bits per heavy atom. The molecule has 1 N–H and O–H groups in total. The topological polar surface area (TPSA) is 60.4 Å². The third-order valence-electron chi connectivity index (χ3n) is 5.08. The van der Waals surface area contributed by atoms with Gasteiger partial charge in [-0.05, 0) is 50.1 Å². The quantitative estimate of drug-likeness (QED) is 0.221. The monoisotopic (exact) mass is 551 g/mol. The fraction of sp³-hybridized carbons (Fsp3) is 0.619. The number of hydrogen-bond acceptors (Lipinski definition) is 4. The molecule has 1 aliphatic rings. The van der Waals surface area contributed by atoms with Crippen molar-refractivity contribution in [3.8, 4) is 5.75 Å². The summed E-state index contributed by atoms with van der Waals surface area (Å²) in [6.45, 7) is 4.00. The molecule has 2 rings (SSSR count). The Morgan fingerprint density at radius 1 is 1.30 bits per heavy atom. The molecule has 170 valence electrons. The molecule has 1 atom stereocenters. The summed E-state index contributed by atoms with van der Waals surface area (Å²) in [7, 11) is 7.44. The molecule has 1 aliphatic heterocycles. The summed E-state index contributed by atoms with van der Waals surface area (Å²) in [4.78, 5) is 22.7. The van der Waals surface area contributed by atoms with Gasteiger partial charge >= 0.3 is 0 Å². The Hall–Kier alpha value is -1.26. The van der Waals surface area contributed by atoms with Crippen molar-refractivity contribution < 1.29 is 9.53 Å². The lowest BCUT2D eigenvalue weighted by Crippen LogP contribution is -2.44. The maximum Gasteiger partial charge on any atom is 0.239 e. The molecule has 1 aromatic rings. The first kappa shape index (κ1) is 26.8. The zero-order valence-electron chi connectivity index (χ0n) is 18.4. The number of amides is 1. The average molecular weight is 552 g/mol. The smallest absolute Gasteiger partial charge is 0.239 e. The predicted molar refractivity (Wildman–Crippen MR) is 134 cm³/mol. The zero-order chi connectivity index (χ0) is 21.2. The van der Waals surface area contributed by atoms with E-state index in [4.69, 9.17) is 16.3 Å². The second kappa shape index (κ2) is 13.9. The Balaban J connectivity index is 0.00000450. The van der Waals surface area contributed by atoms with Crippen molar-refractivity contribution in [3.63, 3.8) is 0 Å². The minimum absolute atomic E-state index is 0. The minimum Gasteiger partial charge on any atom is -0.492 e. The lowest BCUT2D eigenvalue weighted by atomic mass is 10.2. The molecule has 1 aromatic carbocycles. The summed E-state index contributed by atoms with van der Waals surface area (Å²) < 4.78 is 5.75. The van der Waals surface area contributed by atoms with Crippen molar-refractivity contribution in [2.45, 2.75) is 25.3 Å². The van der Waals surface area contributed by atoms with E-state index in [1.54, 1.807) is 11.9 Å². The van der Waals surface area contributed by atoms with Crippen LogP contribution in [0.3, 0.4) is 0 Å². The van der Waals surface area contributed by atoms with Crippen LogP contribution in [0.15, 0.2) is 29.3 Å². The maximum absolute atomic E-state index is 12.3. The molecule has 9 heteroatoms. The van der Waals surface area contributed by atoms with Crippen molar-refractivity contribution in [1.82, 2.24) is 20.0 Å². The number of benzene rings is 1. The molecular weight excluding hydrogens is 517 g/mol. The zero-order valence-corrected chi connectivity index (χ0v) is 21.5. The van der Waals surface area contributed by atoms with E-state index in [1.165, 1.54) is 0 Å². The van der Waals surface area contributed by atoms with Crippen molar-refractivity contribution in [2.75, 3.05) is 61.0 Å². The number of carbonyl (C=O) groups is 1. The second-order valence-electron chi connectivity index (χ2n) is 7.48. The Kier molecular flexibility index (Phi) is 12.4. The van der Waals surface area contributed by atoms with Crippen molar-refractivity contribution in [3.05, 3.63) is 29.3 Å². The third-order valence-corrected chi connectivity index (χ3v) is 5.33. The van der Waals surface area contributed by atoms with Gasteiger partial charge in [-0.15, -0.1) is 24.0 Å². The number of hydrogen-bond donors (Lipinski definition) is 1. The molecule has 1 fully saturated rings. The third kappa shape index (κ3) is 8.47. The average Bonchev–Trinajstić information content (AvgIpc) is 3.17. The van der Waals surface area contributed by atoms with Crippen LogP contribution in [-0.4, -0.2) is 93.6 Å². The van der Waals surface area contributed by atoms with E-state index >= 15 is 0 Å². The SMILES string of the molecule is CN=C(NCCCN1CCCC1C(=O)N(C)C)N(C)CCOc1ccc(Cl)cc1.I. The van der Waals surface area contributed by atoms with Gasteiger partial charge in [-0.1, -0.05) is 11.6 Å². The highest BCUT2D eigenvalue weighted by atomic mass is 127. The summed E-state index contributed by atoms with van der Waals surface area (Å²) in [5.74, 6) is 1.86. The number of likely N-dealkylation sites (N-methyl/N-ethyl adjacent to an activating group) is 2. The van der Waals surface area contributed by atoms with Crippen molar-refractivity contribution in [1.29, 1.82) is 0 Å². The fourth-order valence-electron chi connectivity index (χ4n) is 3.48. The molecule has 0 spiro atoms. The molecule has 0 saturated carbocycles. The van der Waals surface area contributed by atoms with Crippen LogP contribution < -0.4 is 10.1 Å². The molecule has 1 heterocycles. The predicted octanol–water partition coefficient (Wildman–Crippen LogP) is 2.79. The largest absolute Gasteiger partial charge is 0.492 e. The van der Waals surface area contributed by atoms with Crippen molar-refractivity contribution >= 4 is 47.4 Å². The highest BCUT2D eigenvalue weighted by Gasteiger charge is 2.30. The van der Waals surface area contributed by atoms with Crippen molar-refractivity contribution in [2.24, 2.45) is 4.99 Å². The summed E-state index contributed by atoms with van der Waals surface area (Å²) in [6.07, 6.45) is 3.02. The van der Waals surface area contributed by atoms with Gasteiger partial charge in [-0.25, -0.2) is 0 Å². The Morgan fingerprint density at radius 3 is 2.63 bits per heavy atom. The molecule has 0 aliphatic carbocycles. The molecule has 1 amide bonds. The lowest BCUT2D eigenvalue weighted by molar-refractivity contribution is -0.133. The number of nitrogens with one attached hydrogen (secondary N) is 1. The van der Waals surface area contributed by atoms with E-state index < -0.39 is 0 Å². The second-order valence-corrected chi connectivity index (χ2v) is 7.91. The van der Waals surface area contributed by atoms with Gasteiger partial charge in [-0.3, -0.25) is 14.7 Å². The summed E-state index contributed by atoms with van der Waals surface area (Å²) in [6, 6.07) is 7.40. The molecule has 1 unspecified atom stereocenters. The molecular formula is C21H35ClIN5O2. The molecule has 1 saturated heterocycles. The van der Waals surface area contributed by atoms with Gasteiger partial charge in [-0.2, -0.15) is 0 Å². The van der Waals surface area contributed by atoms with E-state index in [0.717, 1.165) is 50.6 Å². The van der Waals surface area contributed by atoms with Crippen LogP contribution in [0.5, 0.6) is 5.75 Å². The Bertz CT molecular complexity index is 672. The van der Waals surface area contributed by atoms with Gasteiger partial charge in [0.2, 0.25) is 5.91 Å².